The predicted octanol–water partition coefficient (Wildman–Crippen LogP) is 1.94. The number of carbonyl (C=O) groups is 1. The second-order valence-corrected chi connectivity index (χ2v) is 4.41. The zero-order valence-corrected chi connectivity index (χ0v) is 9.70. The fourth-order valence-electron chi connectivity index (χ4n) is 2.42. The molecule has 2 rings (SSSR count). The number of rotatable bonds is 4. The number of aliphatic carboxylic acids is 1. The molecule has 0 saturated heterocycles. The normalized spacial score (nSPS) is 14.8. The number of carboxylic acids is 1. The second kappa shape index (κ2) is 4.68. The molecular weight excluding hydrogens is 204 g/mol. The van der Waals surface area contributed by atoms with Crippen LogP contribution in [-0.2, 0) is 24.2 Å². The molecule has 0 fully saturated rings. The van der Waals surface area contributed by atoms with Crippen molar-refractivity contribution >= 4 is 5.97 Å². The van der Waals surface area contributed by atoms with Gasteiger partial charge in [0.05, 0.1) is 5.69 Å². The van der Waals surface area contributed by atoms with Gasteiger partial charge in [-0.25, -0.2) is 4.98 Å². The highest BCUT2D eigenvalue weighted by Gasteiger charge is 2.17. The summed E-state index contributed by atoms with van der Waals surface area (Å²) >= 11 is 0. The molecule has 4 nitrogen and oxygen atoms in total. The summed E-state index contributed by atoms with van der Waals surface area (Å²) in [5.74, 6) is 0.366. The number of imidazole rings is 1. The maximum absolute atomic E-state index is 10.5. The van der Waals surface area contributed by atoms with Gasteiger partial charge in [-0.1, -0.05) is 0 Å². The van der Waals surface area contributed by atoms with Crippen molar-refractivity contribution in [1.29, 1.82) is 0 Å². The van der Waals surface area contributed by atoms with Crippen LogP contribution in [0.4, 0.5) is 0 Å². The largest absolute Gasteiger partial charge is 0.481 e. The zero-order chi connectivity index (χ0) is 11.5. The van der Waals surface area contributed by atoms with Crippen LogP contribution in [0, 0.1) is 6.92 Å². The Morgan fingerprint density at radius 1 is 1.50 bits per heavy atom. The van der Waals surface area contributed by atoms with Gasteiger partial charge in [-0.3, -0.25) is 4.79 Å². The Labute approximate surface area is 95.3 Å². The van der Waals surface area contributed by atoms with Crippen LogP contribution in [0.25, 0.3) is 0 Å². The minimum Gasteiger partial charge on any atom is -0.481 e. The molecule has 1 aromatic rings. The number of carboxylic acid groups (broad SMARTS) is 1. The number of hydrogen-bond donors (Lipinski definition) is 1. The van der Waals surface area contributed by atoms with Gasteiger partial charge in [0.1, 0.15) is 5.82 Å². The van der Waals surface area contributed by atoms with Gasteiger partial charge in [0.15, 0.2) is 0 Å². The Bertz CT molecular complexity index is 396. The first-order valence-electron chi connectivity index (χ1n) is 5.95. The highest BCUT2D eigenvalue weighted by molar-refractivity contribution is 5.66. The lowest BCUT2D eigenvalue weighted by Crippen LogP contribution is -2.12. The Hall–Kier alpha value is -1.32. The maximum Gasteiger partial charge on any atom is 0.303 e. The van der Waals surface area contributed by atoms with Crippen LogP contribution in [0.5, 0.6) is 0 Å². The summed E-state index contributed by atoms with van der Waals surface area (Å²) < 4.78 is 2.29. The van der Waals surface area contributed by atoms with Gasteiger partial charge >= 0.3 is 5.97 Å². The molecule has 0 spiro atoms. The Kier molecular flexibility index (Phi) is 3.27. The summed E-state index contributed by atoms with van der Waals surface area (Å²) in [5, 5.41) is 8.61. The van der Waals surface area contributed by atoms with Crippen molar-refractivity contribution in [3.8, 4) is 0 Å². The molecule has 0 unspecified atom stereocenters. The first-order valence-corrected chi connectivity index (χ1v) is 5.95. The number of aryl methyl sites for hydroxylation is 2. The summed E-state index contributed by atoms with van der Waals surface area (Å²) in [6.45, 7) is 3.11. The molecule has 0 bridgehead atoms. The van der Waals surface area contributed by atoms with E-state index in [4.69, 9.17) is 5.11 Å². The fourth-order valence-corrected chi connectivity index (χ4v) is 2.42. The zero-order valence-electron chi connectivity index (χ0n) is 9.70. The van der Waals surface area contributed by atoms with Gasteiger partial charge in [-0.15, -0.1) is 0 Å². The summed E-state index contributed by atoms with van der Waals surface area (Å²) in [6.07, 6.45) is 5.30. The molecule has 0 radical (unpaired) electrons. The maximum atomic E-state index is 10.5. The summed E-state index contributed by atoms with van der Waals surface area (Å²) in [7, 11) is 0. The van der Waals surface area contributed by atoms with Crippen molar-refractivity contribution in [2.45, 2.75) is 52.0 Å². The third kappa shape index (κ3) is 2.26. The van der Waals surface area contributed by atoms with E-state index in [1.165, 1.54) is 18.5 Å². The molecule has 2 heterocycles. The number of nitrogens with zero attached hydrogens (tertiary/aromatic N) is 2. The molecule has 4 heteroatoms. The van der Waals surface area contributed by atoms with Crippen molar-refractivity contribution in [2.24, 2.45) is 0 Å². The van der Waals surface area contributed by atoms with Crippen LogP contribution in [0.2, 0.25) is 0 Å². The predicted molar refractivity (Wildman–Crippen MR) is 60.5 cm³/mol. The molecule has 0 aliphatic carbocycles. The molecule has 1 aliphatic rings. The number of hydrogen-bond acceptors (Lipinski definition) is 2. The molecule has 16 heavy (non-hydrogen) atoms. The standard InChI is InChI=1S/C12H18N2O2/c1-9-13-10(5-4-7-12(15)16)11-6-2-3-8-14(9)11/h2-8H2,1H3,(H,15,16). The minimum atomic E-state index is -0.718. The molecule has 0 atom stereocenters. The van der Waals surface area contributed by atoms with Gasteiger partial charge in [0.25, 0.3) is 0 Å². The van der Waals surface area contributed by atoms with E-state index in [0.29, 0.717) is 6.42 Å². The van der Waals surface area contributed by atoms with Crippen LogP contribution in [0.3, 0.4) is 0 Å². The Balaban J connectivity index is 2.06. The lowest BCUT2D eigenvalue weighted by atomic mass is 10.1. The molecule has 1 aliphatic heterocycles. The van der Waals surface area contributed by atoms with Crippen LogP contribution in [0.15, 0.2) is 0 Å². The molecule has 1 N–H and O–H groups in total. The van der Waals surface area contributed by atoms with E-state index in [1.54, 1.807) is 0 Å². The minimum absolute atomic E-state index is 0.241. The van der Waals surface area contributed by atoms with Crippen molar-refractivity contribution in [2.75, 3.05) is 0 Å². The molecule has 0 aromatic carbocycles. The Morgan fingerprint density at radius 2 is 2.31 bits per heavy atom. The van der Waals surface area contributed by atoms with E-state index in [-0.39, 0.29) is 6.42 Å². The van der Waals surface area contributed by atoms with Crippen molar-refractivity contribution < 1.29 is 9.90 Å². The number of fused-ring (bicyclic) bond motifs is 1. The van der Waals surface area contributed by atoms with Crippen LogP contribution < -0.4 is 0 Å². The van der Waals surface area contributed by atoms with Crippen molar-refractivity contribution in [3.63, 3.8) is 0 Å². The molecule has 88 valence electrons. The van der Waals surface area contributed by atoms with Gasteiger partial charge < -0.3 is 9.67 Å². The van der Waals surface area contributed by atoms with Gasteiger partial charge in [0.2, 0.25) is 0 Å². The second-order valence-electron chi connectivity index (χ2n) is 4.41. The average molecular weight is 222 g/mol. The topological polar surface area (TPSA) is 55.1 Å². The van der Waals surface area contributed by atoms with Gasteiger partial charge in [0, 0.05) is 18.7 Å². The average Bonchev–Trinajstić information content (AvgIpc) is 2.57. The molecular formula is C12H18N2O2. The summed E-state index contributed by atoms with van der Waals surface area (Å²) in [4.78, 5) is 15.0. The third-order valence-corrected chi connectivity index (χ3v) is 3.20. The monoisotopic (exact) mass is 222 g/mol. The smallest absolute Gasteiger partial charge is 0.303 e. The molecule has 1 aromatic heterocycles. The first-order chi connectivity index (χ1) is 7.68. The van der Waals surface area contributed by atoms with E-state index in [9.17, 15) is 4.79 Å². The van der Waals surface area contributed by atoms with E-state index < -0.39 is 5.97 Å². The van der Waals surface area contributed by atoms with Gasteiger partial charge in [-0.05, 0) is 39.0 Å². The van der Waals surface area contributed by atoms with E-state index >= 15 is 0 Å². The number of aromatic nitrogens is 2. The fraction of sp³-hybridized carbons (Fsp3) is 0.667. The van der Waals surface area contributed by atoms with E-state index in [1.807, 2.05) is 6.92 Å². The lowest BCUT2D eigenvalue weighted by molar-refractivity contribution is -0.137. The Morgan fingerprint density at radius 3 is 3.06 bits per heavy atom. The SMILES string of the molecule is Cc1nc(CCCC(=O)O)c2n1CCCC2. The lowest BCUT2D eigenvalue weighted by Gasteiger charge is -2.16. The van der Waals surface area contributed by atoms with Gasteiger partial charge in [-0.2, -0.15) is 0 Å². The van der Waals surface area contributed by atoms with Crippen molar-refractivity contribution in [3.05, 3.63) is 17.2 Å². The molecule has 0 amide bonds. The quantitative estimate of drug-likeness (QED) is 0.847. The third-order valence-electron chi connectivity index (χ3n) is 3.20. The van der Waals surface area contributed by atoms with Crippen LogP contribution in [-0.4, -0.2) is 20.6 Å². The van der Waals surface area contributed by atoms with Crippen molar-refractivity contribution in [1.82, 2.24) is 9.55 Å². The van der Waals surface area contributed by atoms with E-state index in [0.717, 1.165) is 30.9 Å². The highest BCUT2D eigenvalue weighted by atomic mass is 16.4. The summed E-state index contributed by atoms with van der Waals surface area (Å²) in [6, 6.07) is 0. The van der Waals surface area contributed by atoms with Crippen LogP contribution in [0.1, 0.15) is 42.9 Å². The van der Waals surface area contributed by atoms with E-state index in [2.05, 4.69) is 9.55 Å². The highest BCUT2D eigenvalue weighted by Crippen LogP contribution is 2.21. The first kappa shape index (κ1) is 11.2. The summed E-state index contributed by atoms with van der Waals surface area (Å²) in [5.41, 5.74) is 2.47. The molecule has 0 saturated carbocycles. The van der Waals surface area contributed by atoms with Crippen LogP contribution >= 0.6 is 0 Å².